The first-order valence-corrected chi connectivity index (χ1v) is 11.0. The Kier molecular flexibility index (Phi) is 7.72. The van der Waals surface area contributed by atoms with Gasteiger partial charge in [0.1, 0.15) is 17.3 Å². The monoisotopic (exact) mass is 499 g/mol. The molecule has 0 fully saturated rings. The van der Waals surface area contributed by atoms with E-state index in [-0.39, 0.29) is 19.2 Å². The van der Waals surface area contributed by atoms with E-state index in [0.29, 0.717) is 36.0 Å². The normalized spacial score (nSPS) is 13.6. The summed E-state index contributed by atoms with van der Waals surface area (Å²) in [6.07, 6.45) is 12.8. The molecule has 0 saturated carbocycles. The van der Waals surface area contributed by atoms with Crippen molar-refractivity contribution in [2.24, 2.45) is 0 Å². The minimum Gasteiger partial charge on any atom is -0.454 e. The van der Waals surface area contributed by atoms with Crippen molar-refractivity contribution in [2.75, 3.05) is 24.8 Å². The second-order valence-corrected chi connectivity index (χ2v) is 7.98. The third-order valence-electron chi connectivity index (χ3n) is 5.51. The summed E-state index contributed by atoms with van der Waals surface area (Å²) >= 11 is 0. The molecule has 2 aromatic carbocycles. The van der Waals surface area contributed by atoms with E-state index < -0.39 is 11.6 Å². The molecule has 0 aliphatic carbocycles. The van der Waals surface area contributed by atoms with Crippen molar-refractivity contribution < 1.29 is 22.8 Å². The first-order valence-electron chi connectivity index (χ1n) is 11.0. The molecule has 0 N–H and O–H groups in total. The van der Waals surface area contributed by atoms with Crippen LogP contribution in [-0.4, -0.2) is 29.9 Å². The van der Waals surface area contributed by atoms with Crippen molar-refractivity contribution in [2.45, 2.75) is 13.0 Å². The van der Waals surface area contributed by atoms with Crippen LogP contribution in [0.5, 0.6) is 11.5 Å². The van der Waals surface area contributed by atoms with Gasteiger partial charge in [-0.1, -0.05) is 23.4 Å². The van der Waals surface area contributed by atoms with E-state index >= 15 is 0 Å². The summed E-state index contributed by atoms with van der Waals surface area (Å²) in [7, 11) is 0. The van der Waals surface area contributed by atoms with E-state index in [9.17, 15) is 8.78 Å². The third kappa shape index (κ3) is 6.02. The second-order valence-electron chi connectivity index (χ2n) is 7.98. The summed E-state index contributed by atoms with van der Waals surface area (Å²) in [5.74, 6) is 0.618. The minimum absolute atomic E-state index is 0. The highest BCUT2D eigenvalue weighted by molar-refractivity contribution is 5.85. The molecular formula is C26H24ClF2N3O3. The van der Waals surface area contributed by atoms with Crippen LogP contribution < -0.4 is 14.4 Å². The van der Waals surface area contributed by atoms with E-state index in [1.807, 2.05) is 59.8 Å². The summed E-state index contributed by atoms with van der Waals surface area (Å²) in [6, 6.07) is 10.8. The smallest absolute Gasteiger partial charge is 0.231 e. The summed E-state index contributed by atoms with van der Waals surface area (Å²) in [4.78, 5) is 4.16. The maximum Gasteiger partial charge on any atom is 0.231 e. The number of rotatable bonds is 8. The van der Waals surface area contributed by atoms with Crippen LogP contribution in [0.3, 0.4) is 0 Å². The van der Waals surface area contributed by atoms with Crippen LogP contribution in [0.4, 0.5) is 14.7 Å². The van der Waals surface area contributed by atoms with E-state index in [4.69, 9.17) is 14.0 Å². The van der Waals surface area contributed by atoms with Gasteiger partial charge in [0, 0.05) is 49.7 Å². The van der Waals surface area contributed by atoms with Gasteiger partial charge in [-0.25, -0.2) is 8.78 Å². The Hall–Kier alpha value is -3.78. The van der Waals surface area contributed by atoms with Crippen LogP contribution in [-0.2, 0) is 6.54 Å². The zero-order chi connectivity index (χ0) is 23.3. The van der Waals surface area contributed by atoms with Gasteiger partial charge >= 0.3 is 0 Å². The lowest BCUT2D eigenvalue weighted by Gasteiger charge is -2.23. The topological polar surface area (TPSA) is 51.0 Å². The number of halogens is 3. The molecule has 182 valence electrons. The summed E-state index contributed by atoms with van der Waals surface area (Å²) < 4.78 is 43.9. The number of benzene rings is 2. The molecule has 5 rings (SSSR count). The molecule has 1 aromatic heterocycles. The number of nitrogens with zero attached hydrogens (tertiary/aromatic N) is 3. The summed E-state index contributed by atoms with van der Waals surface area (Å²) in [6.45, 7) is 2.23. The zero-order valence-electron chi connectivity index (χ0n) is 18.8. The molecule has 9 heteroatoms. The number of ether oxygens (including phenoxy) is 2. The van der Waals surface area contributed by atoms with Crippen LogP contribution in [0.2, 0.25) is 0 Å². The number of hydrogen-bond acceptors (Lipinski definition) is 6. The standard InChI is InChI=1S/C26H23F2N3O3.ClH/c27-21-13-20(14-22(28)15-21)23-16-26(34-29-23)31(11-5-10-30-8-3-1-2-4-9-30)17-19-6-7-24-25(12-19)33-18-32-24;/h1-4,6-9,12-16H,5,10-11,17-18H2;1H. The van der Waals surface area contributed by atoms with Crippen molar-refractivity contribution in [3.63, 3.8) is 0 Å². The van der Waals surface area contributed by atoms with Crippen LogP contribution in [0.15, 0.2) is 83.7 Å². The molecule has 0 saturated heterocycles. The molecule has 2 aliphatic heterocycles. The average molecular weight is 500 g/mol. The maximum absolute atomic E-state index is 13.7. The van der Waals surface area contributed by atoms with Crippen LogP contribution in [0, 0.1) is 11.6 Å². The zero-order valence-corrected chi connectivity index (χ0v) is 19.6. The predicted octanol–water partition coefficient (Wildman–Crippen LogP) is 6.07. The highest BCUT2D eigenvalue weighted by Gasteiger charge is 2.18. The van der Waals surface area contributed by atoms with Gasteiger partial charge in [0.15, 0.2) is 11.5 Å². The Labute approximate surface area is 208 Å². The lowest BCUT2D eigenvalue weighted by molar-refractivity contribution is 0.174. The average Bonchev–Trinajstić information content (AvgIpc) is 3.42. The number of aromatic nitrogens is 1. The Balaban J connectivity index is 0.00000289. The molecule has 0 atom stereocenters. The Morgan fingerprint density at radius 1 is 0.886 bits per heavy atom. The molecule has 35 heavy (non-hydrogen) atoms. The molecule has 6 nitrogen and oxygen atoms in total. The van der Waals surface area contributed by atoms with Crippen LogP contribution in [0.1, 0.15) is 12.0 Å². The van der Waals surface area contributed by atoms with Gasteiger partial charge in [0.05, 0.1) is 0 Å². The Morgan fingerprint density at radius 3 is 2.40 bits per heavy atom. The van der Waals surface area contributed by atoms with Crippen molar-refractivity contribution >= 4 is 18.3 Å². The van der Waals surface area contributed by atoms with Gasteiger partial charge in [-0.2, -0.15) is 0 Å². The maximum atomic E-state index is 13.7. The number of fused-ring (bicyclic) bond motifs is 1. The van der Waals surface area contributed by atoms with Gasteiger partial charge in [0.2, 0.25) is 12.7 Å². The fraction of sp³-hybridized carbons (Fsp3) is 0.192. The van der Waals surface area contributed by atoms with E-state index in [0.717, 1.165) is 30.3 Å². The third-order valence-corrected chi connectivity index (χ3v) is 5.51. The largest absolute Gasteiger partial charge is 0.454 e. The molecule has 2 aliphatic rings. The quantitative estimate of drug-likeness (QED) is 0.375. The Bertz CT molecular complexity index is 1220. The van der Waals surface area contributed by atoms with Crippen LogP contribution >= 0.6 is 12.4 Å². The van der Waals surface area contributed by atoms with Gasteiger partial charge in [-0.05, 0) is 48.4 Å². The first kappa shape index (κ1) is 24.3. The van der Waals surface area contributed by atoms with Gasteiger partial charge in [-0.15, -0.1) is 12.4 Å². The van der Waals surface area contributed by atoms with Crippen LogP contribution in [0.25, 0.3) is 11.3 Å². The second kappa shape index (κ2) is 11.1. The fourth-order valence-corrected chi connectivity index (χ4v) is 3.87. The van der Waals surface area contributed by atoms with Crippen molar-refractivity contribution in [3.8, 4) is 22.8 Å². The van der Waals surface area contributed by atoms with E-state index in [1.54, 1.807) is 6.07 Å². The molecular weight excluding hydrogens is 476 g/mol. The van der Waals surface area contributed by atoms with Gasteiger partial charge in [-0.3, -0.25) is 0 Å². The highest BCUT2D eigenvalue weighted by Crippen LogP contribution is 2.34. The van der Waals surface area contributed by atoms with Crippen molar-refractivity contribution in [3.05, 3.63) is 96.4 Å². The summed E-state index contributed by atoms with van der Waals surface area (Å²) in [5, 5.41) is 4.06. The highest BCUT2D eigenvalue weighted by atomic mass is 35.5. The van der Waals surface area contributed by atoms with E-state index in [1.165, 1.54) is 12.1 Å². The molecule has 0 bridgehead atoms. The predicted molar refractivity (Wildman–Crippen MR) is 131 cm³/mol. The molecule has 0 spiro atoms. The minimum atomic E-state index is -0.662. The molecule has 0 amide bonds. The van der Waals surface area contributed by atoms with Gasteiger partial charge in [0.25, 0.3) is 0 Å². The lowest BCUT2D eigenvalue weighted by atomic mass is 10.1. The number of hydrogen-bond donors (Lipinski definition) is 0. The SMILES string of the molecule is Cl.Fc1cc(F)cc(-c2cc(N(CCCN3C=CC=CC=C3)Cc3ccc4c(c3)OCO4)on2)c1. The molecule has 3 aromatic rings. The number of allylic oxidation sites excluding steroid dienone is 4. The molecule has 3 heterocycles. The summed E-state index contributed by atoms with van der Waals surface area (Å²) in [5.41, 5.74) is 1.70. The van der Waals surface area contributed by atoms with Crippen molar-refractivity contribution in [1.82, 2.24) is 10.1 Å². The number of anilines is 1. The van der Waals surface area contributed by atoms with E-state index in [2.05, 4.69) is 10.1 Å². The van der Waals surface area contributed by atoms with Gasteiger partial charge < -0.3 is 23.8 Å². The first-order chi connectivity index (χ1) is 16.6. The molecule has 0 radical (unpaired) electrons. The molecule has 0 unspecified atom stereocenters. The lowest BCUT2D eigenvalue weighted by Crippen LogP contribution is -2.26. The fourth-order valence-electron chi connectivity index (χ4n) is 3.87. The van der Waals surface area contributed by atoms with Crippen molar-refractivity contribution in [1.29, 1.82) is 0 Å². The Morgan fingerprint density at radius 2 is 1.63 bits per heavy atom.